The van der Waals surface area contributed by atoms with Crippen molar-refractivity contribution in [2.45, 2.75) is 31.1 Å². The van der Waals surface area contributed by atoms with Crippen LogP contribution in [0.15, 0.2) is 53.4 Å². The van der Waals surface area contributed by atoms with Gasteiger partial charge in [-0.15, -0.1) is 0 Å². The molecule has 2 amide bonds. The average Bonchev–Trinajstić information content (AvgIpc) is 2.82. The summed E-state index contributed by atoms with van der Waals surface area (Å²) in [5, 5.41) is 0. The SMILES string of the molecule is CCc1ccc(CCC(=O)NNC(=O)c2cccc(S(=O)(=O)N3CCOCC3)c2)cc1. The lowest BCUT2D eigenvalue weighted by molar-refractivity contribution is -0.121. The first kappa shape index (κ1) is 22.9. The molecule has 0 atom stereocenters. The second-order valence-electron chi connectivity index (χ2n) is 7.22. The van der Waals surface area contributed by atoms with Crippen molar-refractivity contribution in [3.63, 3.8) is 0 Å². The zero-order valence-corrected chi connectivity index (χ0v) is 18.3. The van der Waals surface area contributed by atoms with Gasteiger partial charge in [-0.05, 0) is 42.2 Å². The Morgan fingerprint density at radius 2 is 1.68 bits per heavy atom. The lowest BCUT2D eigenvalue weighted by Crippen LogP contribution is -2.42. The number of nitrogens with zero attached hydrogens (tertiary/aromatic N) is 1. The van der Waals surface area contributed by atoms with Gasteiger partial charge in [0, 0.05) is 25.1 Å². The molecular formula is C22H27N3O5S. The van der Waals surface area contributed by atoms with Gasteiger partial charge in [-0.3, -0.25) is 20.4 Å². The van der Waals surface area contributed by atoms with E-state index in [-0.39, 0.29) is 35.9 Å². The van der Waals surface area contributed by atoms with Gasteiger partial charge in [0.25, 0.3) is 5.91 Å². The van der Waals surface area contributed by atoms with E-state index in [0.717, 1.165) is 12.0 Å². The molecule has 0 saturated carbocycles. The normalized spacial score (nSPS) is 14.7. The third-order valence-electron chi connectivity index (χ3n) is 5.09. The molecule has 8 nitrogen and oxygen atoms in total. The highest BCUT2D eigenvalue weighted by Gasteiger charge is 2.26. The number of sulfonamides is 1. The zero-order valence-electron chi connectivity index (χ0n) is 17.5. The van der Waals surface area contributed by atoms with Gasteiger partial charge in [0.15, 0.2) is 0 Å². The molecule has 1 saturated heterocycles. The molecule has 166 valence electrons. The Morgan fingerprint density at radius 3 is 2.35 bits per heavy atom. The first-order valence-corrected chi connectivity index (χ1v) is 11.7. The van der Waals surface area contributed by atoms with E-state index in [2.05, 4.69) is 17.8 Å². The molecule has 0 aromatic heterocycles. The second-order valence-corrected chi connectivity index (χ2v) is 9.15. The lowest BCUT2D eigenvalue weighted by Gasteiger charge is -2.26. The van der Waals surface area contributed by atoms with Crippen molar-refractivity contribution in [2.75, 3.05) is 26.3 Å². The first-order valence-electron chi connectivity index (χ1n) is 10.2. The molecule has 0 unspecified atom stereocenters. The number of aryl methyl sites for hydroxylation is 2. The summed E-state index contributed by atoms with van der Waals surface area (Å²) in [5.41, 5.74) is 7.14. The third kappa shape index (κ3) is 6.13. The van der Waals surface area contributed by atoms with Crippen LogP contribution in [0.2, 0.25) is 0 Å². The van der Waals surface area contributed by atoms with Crippen LogP contribution in [0.25, 0.3) is 0 Å². The van der Waals surface area contributed by atoms with Crippen LogP contribution in [-0.2, 0) is 32.4 Å². The van der Waals surface area contributed by atoms with Crippen LogP contribution in [-0.4, -0.2) is 50.8 Å². The number of hydrogen-bond acceptors (Lipinski definition) is 5. The summed E-state index contributed by atoms with van der Waals surface area (Å²) in [6.45, 7) is 3.31. The van der Waals surface area contributed by atoms with E-state index < -0.39 is 15.9 Å². The fraction of sp³-hybridized carbons (Fsp3) is 0.364. The van der Waals surface area contributed by atoms with Gasteiger partial charge in [-0.1, -0.05) is 37.3 Å². The molecule has 9 heteroatoms. The Bertz CT molecular complexity index is 1020. The quantitative estimate of drug-likeness (QED) is 0.631. The van der Waals surface area contributed by atoms with E-state index in [0.29, 0.717) is 19.6 Å². The predicted molar refractivity (Wildman–Crippen MR) is 116 cm³/mol. The first-order chi connectivity index (χ1) is 14.9. The number of carbonyl (C=O) groups excluding carboxylic acids is 2. The Labute approximate surface area is 182 Å². The summed E-state index contributed by atoms with van der Waals surface area (Å²) >= 11 is 0. The maximum absolute atomic E-state index is 12.8. The summed E-state index contributed by atoms with van der Waals surface area (Å²) in [6.07, 6.45) is 1.73. The molecule has 1 aliphatic heterocycles. The molecule has 1 fully saturated rings. The molecule has 3 rings (SSSR count). The minimum absolute atomic E-state index is 0.0314. The maximum atomic E-state index is 12.8. The van der Waals surface area contributed by atoms with E-state index in [1.807, 2.05) is 24.3 Å². The molecule has 0 aliphatic carbocycles. The number of rotatable bonds is 7. The fourth-order valence-corrected chi connectivity index (χ4v) is 4.65. The summed E-state index contributed by atoms with van der Waals surface area (Å²) in [6, 6.07) is 13.8. The van der Waals surface area contributed by atoms with Crippen LogP contribution in [0.4, 0.5) is 0 Å². The van der Waals surface area contributed by atoms with Crippen LogP contribution in [0, 0.1) is 0 Å². The summed E-state index contributed by atoms with van der Waals surface area (Å²) < 4.78 is 32.0. The minimum Gasteiger partial charge on any atom is -0.379 e. The predicted octanol–water partition coefficient (Wildman–Crippen LogP) is 1.66. The topological polar surface area (TPSA) is 105 Å². The van der Waals surface area contributed by atoms with Gasteiger partial charge < -0.3 is 4.74 Å². The number of morpholine rings is 1. The third-order valence-corrected chi connectivity index (χ3v) is 6.99. The van der Waals surface area contributed by atoms with E-state index in [1.54, 1.807) is 0 Å². The molecule has 0 spiro atoms. The van der Waals surface area contributed by atoms with E-state index in [4.69, 9.17) is 4.74 Å². The number of hydrazine groups is 1. The van der Waals surface area contributed by atoms with Crippen molar-refractivity contribution in [3.8, 4) is 0 Å². The van der Waals surface area contributed by atoms with E-state index >= 15 is 0 Å². The monoisotopic (exact) mass is 445 g/mol. The smallest absolute Gasteiger partial charge is 0.269 e. The van der Waals surface area contributed by atoms with Crippen LogP contribution in [0.1, 0.15) is 34.8 Å². The molecule has 0 radical (unpaired) electrons. The fourth-order valence-electron chi connectivity index (χ4n) is 3.19. The van der Waals surface area contributed by atoms with Crippen LogP contribution >= 0.6 is 0 Å². The highest BCUT2D eigenvalue weighted by Crippen LogP contribution is 2.18. The highest BCUT2D eigenvalue weighted by molar-refractivity contribution is 7.89. The van der Waals surface area contributed by atoms with Gasteiger partial charge >= 0.3 is 0 Å². The van der Waals surface area contributed by atoms with Gasteiger partial charge in [-0.2, -0.15) is 4.31 Å². The van der Waals surface area contributed by atoms with Gasteiger partial charge in [0.05, 0.1) is 18.1 Å². The lowest BCUT2D eigenvalue weighted by atomic mass is 10.1. The maximum Gasteiger partial charge on any atom is 0.269 e. The standard InChI is InChI=1S/C22H27N3O5S/c1-2-17-6-8-18(9-7-17)10-11-21(26)23-24-22(27)19-4-3-5-20(16-19)31(28,29)25-12-14-30-15-13-25/h3-9,16H,2,10-15H2,1H3,(H,23,26)(H,24,27). The average molecular weight is 446 g/mol. The van der Waals surface area contributed by atoms with Crippen LogP contribution in [0.5, 0.6) is 0 Å². The molecule has 31 heavy (non-hydrogen) atoms. The largest absolute Gasteiger partial charge is 0.379 e. The number of benzene rings is 2. The molecule has 1 heterocycles. The van der Waals surface area contributed by atoms with E-state index in [1.165, 1.54) is 34.1 Å². The summed E-state index contributed by atoms with van der Waals surface area (Å²) in [5.74, 6) is -0.912. The van der Waals surface area contributed by atoms with Gasteiger partial charge in [0.2, 0.25) is 15.9 Å². The number of carbonyl (C=O) groups is 2. The van der Waals surface area contributed by atoms with Crippen molar-refractivity contribution < 1.29 is 22.7 Å². The highest BCUT2D eigenvalue weighted by atomic mass is 32.2. The molecule has 2 aromatic carbocycles. The number of ether oxygens (including phenoxy) is 1. The summed E-state index contributed by atoms with van der Waals surface area (Å²) in [4.78, 5) is 24.5. The van der Waals surface area contributed by atoms with Crippen molar-refractivity contribution in [1.82, 2.24) is 15.2 Å². The zero-order chi connectivity index (χ0) is 22.3. The van der Waals surface area contributed by atoms with Gasteiger partial charge in [-0.25, -0.2) is 8.42 Å². The van der Waals surface area contributed by atoms with Crippen molar-refractivity contribution in [1.29, 1.82) is 0 Å². The van der Waals surface area contributed by atoms with Crippen molar-refractivity contribution in [2.24, 2.45) is 0 Å². The molecule has 1 aliphatic rings. The van der Waals surface area contributed by atoms with Gasteiger partial charge in [0.1, 0.15) is 0 Å². The Kier molecular flexibility index (Phi) is 7.78. The number of hydrogen-bond donors (Lipinski definition) is 2. The minimum atomic E-state index is -3.71. The van der Waals surface area contributed by atoms with E-state index in [9.17, 15) is 18.0 Å². The second kappa shape index (κ2) is 10.5. The molecule has 0 bridgehead atoms. The number of amides is 2. The van der Waals surface area contributed by atoms with Crippen LogP contribution in [0.3, 0.4) is 0 Å². The summed E-state index contributed by atoms with van der Waals surface area (Å²) in [7, 11) is -3.71. The van der Waals surface area contributed by atoms with Crippen molar-refractivity contribution >= 4 is 21.8 Å². The Morgan fingerprint density at radius 1 is 1.00 bits per heavy atom. The van der Waals surface area contributed by atoms with Crippen molar-refractivity contribution in [3.05, 3.63) is 65.2 Å². The van der Waals surface area contributed by atoms with Crippen LogP contribution < -0.4 is 10.9 Å². The molecule has 2 aromatic rings. The molecule has 2 N–H and O–H groups in total. The Hall–Kier alpha value is -2.75. The number of nitrogens with one attached hydrogen (secondary N) is 2. The molecular weight excluding hydrogens is 418 g/mol. The Balaban J connectivity index is 1.54.